The molecule has 0 spiro atoms. The number of rotatable bonds is 5. The Morgan fingerprint density at radius 3 is 2.73 bits per heavy atom. The smallest absolute Gasteiger partial charge is 0.119 e. The fourth-order valence-electron chi connectivity index (χ4n) is 1.40. The van der Waals surface area contributed by atoms with Gasteiger partial charge in [-0.2, -0.15) is 0 Å². The zero-order chi connectivity index (χ0) is 11.3. The molecule has 2 N–H and O–H groups in total. The molecule has 3 nitrogen and oxygen atoms in total. The van der Waals surface area contributed by atoms with Crippen LogP contribution in [0.1, 0.15) is 25.5 Å². The van der Waals surface area contributed by atoms with Gasteiger partial charge in [-0.15, -0.1) is 0 Å². The van der Waals surface area contributed by atoms with Crippen molar-refractivity contribution in [3.8, 4) is 5.75 Å². The molecule has 0 bridgehead atoms. The Balaban J connectivity index is 2.80. The van der Waals surface area contributed by atoms with Crippen molar-refractivity contribution < 1.29 is 9.47 Å². The van der Waals surface area contributed by atoms with Crippen molar-refractivity contribution in [2.75, 3.05) is 13.7 Å². The topological polar surface area (TPSA) is 44.5 Å². The van der Waals surface area contributed by atoms with E-state index >= 15 is 0 Å². The first-order valence-corrected chi connectivity index (χ1v) is 5.20. The Kier molecular flexibility index (Phi) is 4.59. The molecule has 1 aromatic rings. The zero-order valence-corrected chi connectivity index (χ0v) is 9.57. The maximum absolute atomic E-state index is 6.03. The molecule has 84 valence electrons. The third-order valence-corrected chi connectivity index (χ3v) is 2.43. The number of ether oxygens (including phenoxy) is 2. The quantitative estimate of drug-likeness (QED) is 0.807. The van der Waals surface area contributed by atoms with E-state index in [0.717, 1.165) is 11.3 Å². The zero-order valence-electron chi connectivity index (χ0n) is 9.57. The summed E-state index contributed by atoms with van der Waals surface area (Å²) >= 11 is 0. The SMILES string of the molecule is CCOc1cccc(C(N)C(C)OC)c1. The molecule has 0 fully saturated rings. The van der Waals surface area contributed by atoms with Crippen LogP contribution in [0.15, 0.2) is 24.3 Å². The number of nitrogens with two attached hydrogens (primary N) is 1. The molecule has 0 aliphatic rings. The molecule has 0 saturated heterocycles. The van der Waals surface area contributed by atoms with Crippen LogP contribution in [-0.2, 0) is 4.74 Å². The predicted molar refractivity (Wildman–Crippen MR) is 61.0 cm³/mol. The Labute approximate surface area is 91.2 Å². The van der Waals surface area contributed by atoms with Crippen molar-refractivity contribution >= 4 is 0 Å². The minimum atomic E-state index is -0.115. The summed E-state index contributed by atoms with van der Waals surface area (Å²) in [7, 11) is 1.66. The molecule has 1 aromatic carbocycles. The molecule has 2 atom stereocenters. The number of hydrogen-bond acceptors (Lipinski definition) is 3. The molecule has 0 aliphatic heterocycles. The summed E-state index contributed by atoms with van der Waals surface area (Å²) in [6.07, 6.45) is 0.00174. The van der Waals surface area contributed by atoms with Gasteiger partial charge in [0.2, 0.25) is 0 Å². The monoisotopic (exact) mass is 209 g/mol. The van der Waals surface area contributed by atoms with Crippen molar-refractivity contribution in [3.63, 3.8) is 0 Å². The summed E-state index contributed by atoms with van der Waals surface area (Å²) in [6.45, 7) is 4.58. The van der Waals surface area contributed by atoms with Crippen molar-refractivity contribution in [1.29, 1.82) is 0 Å². The van der Waals surface area contributed by atoms with Gasteiger partial charge in [0, 0.05) is 7.11 Å². The average molecular weight is 209 g/mol. The fraction of sp³-hybridized carbons (Fsp3) is 0.500. The van der Waals surface area contributed by atoms with E-state index in [0.29, 0.717) is 6.61 Å². The van der Waals surface area contributed by atoms with Crippen LogP contribution in [0.3, 0.4) is 0 Å². The largest absolute Gasteiger partial charge is 0.494 e. The maximum atomic E-state index is 6.03. The van der Waals surface area contributed by atoms with Crippen molar-refractivity contribution in [2.24, 2.45) is 5.73 Å². The highest BCUT2D eigenvalue weighted by Gasteiger charge is 2.14. The molecule has 0 aromatic heterocycles. The molecule has 3 heteroatoms. The standard InChI is InChI=1S/C12H19NO2/c1-4-15-11-7-5-6-10(8-11)12(13)9(2)14-3/h5-9,12H,4,13H2,1-3H3. The van der Waals surface area contributed by atoms with Crippen LogP contribution in [0, 0.1) is 0 Å². The van der Waals surface area contributed by atoms with E-state index in [1.807, 2.05) is 38.1 Å². The number of hydrogen-bond donors (Lipinski definition) is 1. The van der Waals surface area contributed by atoms with Gasteiger partial charge in [0.15, 0.2) is 0 Å². The molecular formula is C12H19NO2. The van der Waals surface area contributed by atoms with Crippen LogP contribution in [-0.4, -0.2) is 19.8 Å². The third-order valence-electron chi connectivity index (χ3n) is 2.43. The van der Waals surface area contributed by atoms with E-state index < -0.39 is 0 Å². The molecule has 0 radical (unpaired) electrons. The van der Waals surface area contributed by atoms with Gasteiger partial charge in [-0.1, -0.05) is 12.1 Å². The minimum absolute atomic E-state index is 0.00174. The highest BCUT2D eigenvalue weighted by atomic mass is 16.5. The van der Waals surface area contributed by atoms with Crippen molar-refractivity contribution in [3.05, 3.63) is 29.8 Å². The lowest BCUT2D eigenvalue weighted by molar-refractivity contribution is 0.0956. The highest BCUT2D eigenvalue weighted by Crippen LogP contribution is 2.21. The van der Waals surface area contributed by atoms with E-state index in [4.69, 9.17) is 15.2 Å². The molecule has 0 aliphatic carbocycles. The summed E-state index contributed by atoms with van der Waals surface area (Å²) in [6, 6.07) is 7.71. The molecule has 0 heterocycles. The van der Waals surface area contributed by atoms with E-state index in [2.05, 4.69) is 0 Å². The minimum Gasteiger partial charge on any atom is -0.494 e. The van der Waals surface area contributed by atoms with Gasteiger partial charge in [0.05, 0.1) is 18.8 Å². The van der Waals surface area contributed by atoms with Crippen molar-refractivity contribution in [1.82, 2.24) is 0 Å². The van der Waals surface area contributed by atoms with Crippen LogP contribution < -0.4 is 10.5 Å². The van der Waals surface area contributed by atoms with Gasteiger partial charge in [-0.3, -0.25) is 0 Å². The third kappa shape index (κ3) is 3.22. The van der Waals surface area contributed by atoms with Crippen LogP contribution in [0.4, 0.5) is 0 Å². The first-order valence-electron chi connectivity index (χ1n) is 5.20. The van der Waals surface area contributed by atoms with Gasteiger partial charge in [-0.25, -0.2) is 0 Å². The molecule has 15 heavy (non-hydrogen) atoms. The summed E-state index contributed by atoms with van der Waals surface area (Å²) in [5, 5.41) is 0. The first kappa shape index (κ1) is 12.0. The Morgan fingerprint density at radius 2 is 2.13 bits per heavy atom. The lowest BCUT2D eigenvalue weighted by Gasteiger charge is -2.19. The Bertz CT molecular complexity index is 301. The lowest BCUT2D eigenvalue weighted by Crippen LogP contribution is -2.25. The molecule has 0 saturated carbocycles. The van der Waals surface area contributed by atoms with Crippen LogP contribution in [0.5, 0.6) is 5.75 Å². The Morgan fingerprint density at radius 1 is 1.40 bits per heavy atom. The fourth-order valence-corrected chi connectivity index (χ4v) is 1.40. The van der Waals surface area contributed by atoms with Gasteiger partial charge in [0.1, 0.15) is 5.75 Å². The lowest BCUT2D eigenvalue weighted by atomic mass is 10.0. The molecular weight excluding hydrogens is 190 g/mol. The molecule has 2 unspecified atom stereocenters. The van der Waals surface area contributed by atoms with Crippen LogP contribution in [0.2, 0.25) is 0 Å². The number of methoxy groups -OCH3 is 1. The second kappa shape index (κ2) is 5.73. The van der Waals surface area contributed by atoms with Crippen LogP contribution >= 0.6 is 0 Å². The predicted octanol–water partition coefficient (Wildman–Crippen LogP) is 2.12. The number of benzene rings is 1. The summed E-state index contributed by atoms with van der Waals surface area (Å²) < 4.78 is 10.6. The van der Waals surface area contributed by atoms with E-state index in [1.165, 1.54) is 0 Å². The highest BCUT2D eigenvalue weighted by molar-refractivity contribution is 5.30. The van der Waals surface area contributed by atoms with E-state index in [-0.39, 0.29) is 12.1 Å². The Hall–Kier alpha value is -1.06. The molecule has 1 rings (SSSR count). The van der Waals surface area contributed by atoms with Crippen LogP contribution in [0.25, 0.3) is 0 Å². The summed E-state index contributed by atoms with van der Waals surface area (Å²) in [5.41, 5.74) is 7.07. The molecule has 0 amide bonds. The average Bonchev–Trinajstić information content (AvgIpc) is 2.28. The second-order valence-electron chi connectivity index (χ2n) is 3.47. The summed E-state index contributed by atoms with van der Waals surface area (Å²) in [4.78, 5) is 0. The van der Waals surface area contributed by atoms with Crippen molar-refractivity contribution in [2.45, 2.75) is 26.0 Å². The maximum Gasteiger partial charge on any atom is 0.119 e. The van der Waals surface area contributed by atoms with Gasteiger partial charge < -0.3 is 15.2 Å². The van der Waals surface area contributed by atoms with E-state index in [9.17, 15) is 0 Å². The van der Waals surface area contributed by atoms with E-state index in [1.54, 1.807) is 7.11 Å². The normalized spacial score (nSPS) is 14.7. The first-order chi connectivity index (χ1) is 7.19. The van der Waals surface area contributed by atoms with Gasteiger partial charge in [-0.05, 0) is 31.5 Å². The second-order valence-corrected chi connectivity index (χ2v) is 3.47. The summed E-state index contributed by atoms with van der Waals surface area (Å²) in [5.74, 6) is 0.855. The van der Waals surface area contributed by atoms with Gasteiger partial charge in [0.25, 0.3) is 0 Å². The van der Waals surface area contributed by atoms with Gasteiger partial charge >= 0.3 is 0 Å².